The first-order chi connectivity index (χ1) is 8.56. The summed E-state index contributed by atoms with van der Waals surface area (Å²) in [6.45, 7) is 6.09. The van der Waals surface area contributed by atoms with Crippen molar-refractivity contribution < 1.29 is 9.47 Å². The second-order valence-corrected chi connectivity index (χ2v) is 5.37. The van der Waals surface area contributed by atoms with Crippen LogP contribution in [0.3, 0.4) is 0 Å². The van der Waals surface area contributed by atoms with Crippen molar-refractivity contribution in [2.75, 3.05) is 14.2 Å². The Kier molecular flexibility index (Phi) is 3.57. The summed E-state index contributed by atoms with van der Waals surface area (Å²) >= 11 is 1.69. The van der Waals surface area contributed by atoms with E-state index in [2.05, 4.69) is 11.9 Å². The molecule has 18 heavy (non-hydrogen) atoms. The minimum absolute atomic E-state index is 0.829. The maximum atomic E-state index is 5.38. The molecule has 0 aliphatic rings. The van der Waals surface area contributed by atoms with E-state index in [4.69, 9.17) is 9.47 Å². The van der Waals surface area contributed by atoms with Gasteiger partial charge in [-0.15, -0.1) is 11.3 Å². The number of methoxy groups -OCH3 is 2. The van der Waals surface area contributed by atoms with Crippen LogP contribution >= 0.6 is 11.3 Å². The average Bonchev–Trinajstić information content (AvgIpc) is 2.70. The zero-order valence-electron chi connectivity index (χ0n) is 11.3. The SMILES string of the molecule is COc1cc(-c2nc(C)c(C)s2)cc(OC)c1C. The molecule has 1 aromatic heterocycles. The van der Waals surface area contributed by atoms with Gasteiger partial charge in [0.05, 0.1) is 19.9 Å². The number of ether oxygens (including phenoxy) is 2. The van der Waals surface area contributed by atoms with Crippen molar-refractivity contribution in [2.45, 2.75) is 20.8 Å². The summed E-state index contributed by atoms with van der Waals surface area (Å²) in [4.78, 5) is 5.81. The minimum atomic E-state index is 0.829. The van der Waals surface area contributed by atoms with Crippen LogP contribution in [-0.2, 0) is 0 Å². The Labute approximate surface area is 111 Å². The van der Waals surface area contributed by atoms with Crippen molar-refractivity contribution in [3.8, 4) is 22.1 Å². The first kappa shape index (κ1) is 12.9. The van der Waals surface area contributed by atoms with Crippen LogP contribution in [0.15, 0.2) is 12.1 Å². The molecule has 1 aromatic carbocycles. The number of hydrogen-bond donors (Lipinski definition) is 0. The highest BCUT2D eigenvalue weighted by molar-refractivity contribution is 7.15. The lowest BCUT2D eigenvalue weighted by molar-refractivity contribution is 0.389. The van der Waals surface area contributed by atoms with E-state index in [0.29, 0.717) is 0 Å². The van der Waals surface area contributed by atoms with Gasteiger partial charge in [0.1, 0.15) is 16.5 Å². The highest BCUT2D eigenvalue weighted by atomic mass is 32.1. The molecule has 0 radical (unpaired) electrons. The normalized spacial score (nSPS) is 10.5. The predicted octanol–water partition coefficient (Wildman–Crippen LogP) is 3.75. The smallest absolute Gasteiger partial charge is 0.126 e. The molecule has 0 spiro atoms. The topological polar surface area (TPSA) is 31.4 Å². The maximum absolute atomic E-state index is 5.38. The zero-order valence-corrected chi connectivity index (χ0v) is 12.1. The molecule has 0 aliphatic carbocycles. The highest BCUT2D eigenvalue weighted by Gasteiger charge is 2.12. The number of aryl methyl sites for hydroxylation is 2. The van der Waals surface area contributed by atoms with E-state index in [1.165, 1.54) is 4.88 Å². The van der Waals surface area contributed by atoms with Gasteiger partial charge in [-0.1, -0.05) is 0 Å². The van der Waals surface area contributed by atoms with E-state index >= 15 is 0 Å². The Morgan fingerprint density at radius 2 is 1.56 bits per heavy atom. The third kappa shape index (κ3) is 2.20. The van der Waals surface area contributed by atoms with E-state index < -0.39 is 0 Å². The molecule has 0 bridgehead atoms. The van der Waals surface area contributed by atoms with Gasteiger partial charge >= 0.3 is 0 Å². The molecule has 0 fully saturated rings. The number of benzene rings is 1. The summed E-state index contributed by atoms with van der Waals surface area (Å²) < 4.78 is 10.8. The monoisotopic (exact) mass is 263 g/mol. The van der Waals surface area contributed by atoms with Gasteiger partial charge in [0.2, 0.25) is 0 Å². The third-order valence-corrected chi connectivity index (χ3v) is 4.15. The molecular formula is C14H17NO2S. The first-order valence-corrected chi connectivity index (χ1v) is 6.55. The minimum Gasteiger partial charge on any atom is -0.496 e. The molecule has 0 saturated carbocycles. The van der Waals surface area contributed by atoms with Crippen LogP contribution in [-0.4, -0.2) is 19.2 Å². The van der Waals surface area contributed by atoms with Gasteiger partial charge in [0.25, 0.3) is 0 Å². The summed E-state index contributed by atoms with van der Waals surface area (Å²) in [5, 5.41) is 1.00. The van der Waals surface area contributed by atoms with Crippen LogP contribution in [0, 0.1) is 20.8 Å². The highest BCUT2D eigenvalue weighted by Crippen LogP contribution is 2.36. The molecule has 0 N–H and O–H groups in total. The van der Waals surface area contributed by atoms with Crippen molar-refractivity contribution in [3.05, 3.63) is 28.3 Å². The molecule has 4 heteroatoms. The van der Waals surface area contributed by atoms with E-state index in [0.717, 1.165) is 33.3 Å². The lowest BCUT2D eigenvalue weighted by atomic mass is 10.1. The average molecular weight is 263 g/mol. The van der Waals surface area contributed by atoms with E-state index in [9.17, 15) is 0 Å². The molecular weight excluding hydrogens is 246 g/mol. The molecule has 0 unspecified atom stereocenters. The second kappa shape index (κ2) is 4.98. The largest absolute Gasteiger partial charge is 0.496 e. The van der Waals surface area contributed by atoms with E-state index in [1.54, 1.807) is 25.6 Å². The molecule has 0 aliphatic heterocycles. The Bertz CT molecular complexity index is 531. The first-order valence-electron chi connectivity index (χ1n) is 5.73. The molecule has 96 valence electrons. The van der Waals surface area contributed by atoms with Crippen LogP contribution < -0.4 is 9.47 Å². The van der Waals surface area contributed by atoms with Gasteiger partial charge in [-0.2, -0.15) is 0 Å². The molecule has 0 atom stereocenters. The van der Waals surface area contributed by atoms with Crippen LogP contribution in [0.4, 0.5) is 0 Å². The van der Waals surface area contributed by atoms with Gasteiger partial charge in [0, 0.05) is 16.0 Å². The number of rotatable bonds is 3. The van der Waals surface area contributed by atoms with E-state index in [1.807, 2.05) is 26.0 Å². The van der Waals surface area contributed by atoms with Crippen LogP contribution in [0.1, 0.15) is 16.1 Å². The van der Waals surface area contributed by atoms with Crippen molar-refractivity contribution in [1.82, 2.24) is 4.98 Å². The van der Waals surface area contributed by atoms with Gasteiger partial charge < -0.3 is 9.47 Å². The quantitative estimate of drug-likeness (QED) is 0.845. The van der Waals surface area contributed by atoms with Crippen molar-refractivity contribution in [1.29, 1.82) is 0 Å². The number of nitrogens with zero attached hydrogens (tertiary/aromatic N) is 1. The van der Waals surface area contributed by atoms with Crippen molar-refractivity contribution >= 4 is 11.3 Å². The van der Waals surface area contributed by atoms with Crippen LogP contribution in [0.25, 0.3) is 10.6 Å². The summed E-state index contributed by atoms with van der Waals surface area (Å²) in [5.74, 6) is 1.66. The Hall–Kier alpha value is -1.55. The lowest BCUT2D eigenvalue weighted by Crippen LogP contribution is -1.93. The van der Waals surface area contributed by atoms with Crippen molar-refractivity contribution in [3.63, 3.8) is 0 Å². The molecule has 2 aromatic rings. The van der Waals surface area contributed by atoms with Crippen molar-refractivity contribution in [2.24, 2.45) is 0 Å². The molecule has 0 amide bonds. The lowest BCUT2D eigenvalue weighted by Gasteiger charge is -2.11. The molecule has 2 rings (SSSR count). The van der Waals surface area contributed by atoms with Gasteiger partial charge in [-0.3, -0.25) is 0 Å². The fourth-order valence-electron chi connectivity index (χ4n) is 1.81. The van der Waals surface area contributed by atoms with E-state index in [-0.39, 0.29) is 0 Å². The summed E-state index contributed by atoms with van der Waals surface area (Å²) in [6, 6.07) is 4.02. The fraction of sp³-hybridized carbons (Fsp3) is 0.357. The molecule has 1 heterocycles. The molecule has 3 nitrogen and oxygen atoms in total. The second-order valence-electron chi connectivity index (χ2n) is 4.17. The Balaban J connectivity index is 2.57. The number of hydrogen-bond acceptors (Lipinski definition) is 4. The van der Waals surface area contributed by atoms with Crippen LogP contribution in [0.2, 0.25) is 0 Å². The summed E-state index contributed by atoms with van der Waals surface area (Å²) in [7, 11) is 3.34. The predicted molar refractivity (Wildman–Crippen MR) is 74.9 cm³/mol. The standard InChI is InChI=1S/C14H17NO2S/c1-8-12(16-4)6-11(7-13(8)17-5)14-15-9(2)10(3)18-14/h6-7H,1-5H3. The molecule has 0 saturated heterocycles. The number of thiazole rings is 1. The number of aromatic nitrogens is 1. The summed E-state index contributed by atoms with van der Waals surface area (Å²) in [6.07, 6.45) is 0. The fourth-order valence-corrected chi connectivity index (χ4v) is 2.71. The zero-order chi connectivity index (χ0) is 13.3. The van der Waals surface area contributed by atoms with Crippen LogP contribution in [0.5, 0.6) is 11.5 Å². The Morgan fingerprint density at radius 1 is 1.00 bits per heavy atom. The van der Waals surface area contributed by atoms with Gasteiger partial charge in [-0.05, 0) is 32.9 Å². The third-order valence-electron chi connectivity index (χ3n) is 3.03. The van der Waals surface area contributed by atoms with Gasteiger partial charge in [0.15, 0.2) is 0 Å². The maximum Gasteiger partial charge on any atom is 0.126 e. The Morgan fingerprint density at radius 3 is 1.94 bits per heavy atom. The van der Waals surface area contributed by atoms with Gasteiger partial charge in [-0.25, -0.2) is 4.98 Å². The summed E-state index contributed by atoms with van der Waals surface area (Å²) in [5.41, 5.74) is 3.12.